The number of aromatic nitrogens is 2. The molecule has 0 spiro atoms. The Kier molecular flexibility index (Phi) is 6.56. The van der Waals surface area contributed by atoms with Gasteiger partial charge in [-0.2, -0.15) is 5.10 Å². The molecule has 166 valence electrons. The van der Waals surface area contributed by atoms with Gasteiger partial charge >= 0.3 is 0 Å². The third kappa shape index (κ3) is 5.13. The maximum atomic E-state index is 13.1. The molecule has 4 aromatic rings. The van der Waals surface area contributed by atoms with E-state index < -0.39 is 0 Å². The van der Waals surface area contributed by atoms with Gasteiger partial charge in [0, 0.05) is 43.0 Å². The van der Waals surface area contributed by atoms with E-state index in [1.54, 1.807) is 49.2 Å². The predicted molar refractivity (Wildman–Crippen MR) is 130 cm³/mol. The van der Waals surface area contributed by atoms with Crippen molar-refractivity contribution in [1.29, 1.82) is 0 Å². The van der Waals surface area contributed by atoms with Gasteiger partial charge in [0.15, 0.2) is 0 Å². The number of para-hydroxylation sites is 1. The van der Waals surface area contributed by atoms with Gasteiger partial charge in [0.05, 0.1) is 11.3 Å². The largest absolute Gasteiger partial charge is 0.348 e. The zero-order chi connectivity index (χ0) is 23.4. The minimum absolute atomic E-state index is 0.0634. The first-order valence-electron chi connectivity index (χ1n) is 10.4. The fraction of sp³-hybridized carbons (Fsp3) is 0.115. The van der Waals surface area contributed by atoms with Crippen molar-refractivity contribution in [2.24, 2.45) is 0 Å². The van der Waals surface area contributed by atoms with Crippen molar-refractivity contribution in [2.45, 2.75) is 6.54 Å². The summed E-state index contributed by atoms with van der Waals surface area (Å²) in [5.41, 5.74) is 4.17. The highest BCUT2D eigenvalue weighted by atomic mass is 35.5. The van der Waals surface area contributed by atoms with Crippen LogP contribution < -0.4 is 5.32 Å². The minimum Gasteiger partial charge on any atom is -0.348 e. The van der Waals surface area contributed by atoms with Gasteiger partial charge in [-0.15, -0.1) is 0 Å². The van der Waals surface area contributed by atoms with Gasteiger partial charge in [-0.1, -0.05) is 54.1 Å². The zero-order valence-electron chi connectivity index (χ0n) is 18.3. The molecule has 1 heterocycles. The number of hydrogen-bond acceptors (Lipinski definition) is 3. The van der Waals surface area contributed by atoms with Crippen LogP contribution in [0.1, 0.15) is 26.3 Å². The highest BCUT2D eigenvalue weighted by Gasteiger charge is 2.19. The molecule has 1 aromatic heterocycles. The first kappa shape index (κ1) is 22.3. The van der Waals surface area contributed by atoms with Gasteiger partial charge in [-0.3, -0.25) is 9.59 Å². The van der Waals surface area contributed by atoms with E-state index in [4.69, 9.17) is 11.6 Å². The van der Waals surface area contributed by atoms with Gasteiger partial charge in [0.1, 0.15) is 5.69 Å². The van der Waals surface area contributed by atoms with Crippen LogP contribution in [0.5, 0.6) is 0 Å². The van der Waals surface area contributed by atoms with Gasteiger partial charge in [-0.25, -0.2) is 4.68 Å². The van der Waals surface area contributed by atoms with Crippen LogP contribution in [-0.2, 0) is 6.54 Å². The molecule has 0 saturated heterocycles. The summed E-state index contributed by atoms with van der Waals surface area (Å²) in [5, 5.41) is 8.25. The zero-order valence-corrected chi connectivity index (χ0v) is 19.1. The average molecular weight is 459 g/mol. The smallest absolute Gasteiger partial charge is 0.255 e. The molecule has 0 bridgehead atoms. The van der Waals surface area contributed by atoms with E-state index in [0.717, 1.165) is 16.8 Å². The van der Waals surface area contributed by atoms with Crippen molar-refractivity contribution in [3.63, 3.8) is 0 Å². The normalized spacial score (nSPS) is 10.6. The second kappa shape index (κ2) is 9.71. The lowest BCUT2D eigenvalue weighted by Gasteiger charge is -2.11. The summed E-state index contributed by atoms with van der Waals surface area (Å²) in [6.07, 6.45) is 1.73. The number of hydrogen-bond donors (Lipinski definition) is 1. The third-order valence-electron chi connectivity index (χ3n) is 5.16. The number of carbonyl (C=O) groups is 2. The predicted octanol–water partition coefficient (Wildman–Crippen LogP) is 4.82. The summed E-state index contributed by atoms with van der Waals surface area (Å²) in [7, 11) is 3.43. The van der Waals surface area contributed by atoms with Crippen molar-refractivity contribution in [2.75, 3.05) is 14.1 Å². The summed E-state index contributed by atoms with van der Waals surface area (Å²) in [4.78, 5) is 26.7. The van der Waals surface area contributed by atoms with Crippen LogP contribution in [-0.4, -0.2) is 40.6 Å². The van der Waals surface area contributed by atoms with Crippen LogP contribution in [0.15, 0.2) is 85.1 Å². The van der Waals surface area contributed by atoms with Crippen LogP contribution in [0.25, 0.3) is 16.9 Å². The fourth-order valence-electron chi connectivity index (χ4n) is 3.37. The summed E-state index contributed by atoms with van der Waals surface area (Å²) >= 11 is 6.04. The van der Waals surface area contributed by atoms with Gasteiger partial charge in [0.2, 0.25) is 0 Å². The number of halogens is 1. The minimum atomic E-state index is -0.240. The molecule has 0 aliphatic carbocycles. The maximum Gasteiger partial charge on any atom is 0.255 e. The Hall–Kier alpha value is -3.90. The lowest BCUT2D eigenvalue weighted by Crippen LogP contribution is -2.23. The molecule has 4 rings (SSSR count). The maximum absolute atomic E-state index is 13.1. The Bertz CT molecular complexity index is 1260. The lowest BCUT2D eigenvalue weighted by atomic mass is 10.1. The van der Waals surface area contributed by atoms with E-state index in [1.807, 2.05) is 54.6 Å². The second-order valence-electron chi connectivity index (χ2n) is 7.76. The monoisotopic (exact) mass is 458 g/mol. The molecule has 2 amide bonds. The molecule has 0 aliphatic rings. The SMILES string of the molecule is CN(C)C(=O)c1ccc(CNC(=O)c2cn(-c3ccccc3)nc2-c2ccc(Cl)cc2)cc1. The number of nitrogens with zero attached hydrogens (tertiary/aromatic N) is 3. The number of rotatable bonds is 6. The highest BCUT2D eigenvalue weighted by molar-refractivity contribution is 6.30. The van der Waals surface area contributed by atoms with Crippen molar-refractivity contribution < 1.29 is 9.59 Å². The first-order chi connectivity index (χ1) is 15.9. The van der Waals surface area contributed by atoms with Crippen LogP contribution in [0.4, 0.5) is 0 Å². The first-order valence-corrected chi connectivity index (χ1v) is 10.8. The molecule has 0 atom stereocenters. The van der Waals surface area contributed by atoms with Crippen molar-refractivity contribution in [1.82, 2.24) is 20.0 Å². The molecular weight excluding hydrogens is 436 g/mol. The number of benzene rings is 3. The Balaban J connectivity index is 1.58. The summed E-state index contributed by atoms with van der Waals surface area (Å²) < 4.78 is 1.69. The molecule has 6 nitrogen and oxygen atoms in total. The van der Waals surface area contributed by atoms with Crippen LogP contribution in [0.3, 0.4) is 0 Å². The number of nitrogens with one attached hydrogen (secondary N) is 1. The average Bonchev–Trinajstić information content (AvgIpc) is 3.29. The third-order valence-corrected chi connectivity index (χ3v) is 5.41. The van der Waals surface area contributed by atoms with Gasteiger partial charge in [-0.05, 0) is 42.0 Å². The van der Waals surface area contributed by atoms with E-state index in [0.29, 0.717) is 28.4 Å². The lowest BCUT2D eigenvalue weighted by molar-refractivity contribution is 0.0827. The second-order valence-corrected chi connectivity index (χ2v) is 8.19. The quantitative estimate of drug-likeness (QED) is 0.450. The topological polar surface area (TPSA) is 67.2 Å². The molecule has 0 radical (unpaired) electrons. The van der Waals surface area contributed by atoms with Crippen molar-refractivity contribution >= 4 is 23.4 Å². The fourth-order valence-corrected chi connectivity index (χ4v) is 3.50. The molecule has 7 heteroatoms. The summed E-state index contributed by atoms with van der Waals surface area (Å²) in [5.74, 6) is -0.304. The Morgan fingerprint density at radius 3 is 2.24 bits per heavy atom. The van der Waals surface area contributed by atoms with Crippen molar-refractivity contribution in [3.8, 4) is 16.9 Å². The van der Waals surface area contributed by atoms with Gasteiger partial charge in [0.25, 0.3) is 11.8 Å². The van der Waals surface area contributed by atoms with E-state index in [1.165, 1.54) is 4.90 Å². The van der Waals surface area contributed by atoms with E-state index in [9.17, 15) is 9.59 Å². The molecule has 33 heavy (non-hydrogen) atoms. The molecule has 1 N–H and O–H groups in total. The molecule has 0 unspecified atom stereocenters. The number of amides is 2. The van der Waals surface area contributed by atoms with Gasteiger partial charge < -0.3 is 10.2 Å². The van der Waals surface area contributed by atoms with Crippen molar-refractivity contribution in [3.05, 3.63) is 107 Å². The van der Waals surface area contributed by atoms with E-state index in [-0.39, 0.29) is 11.8 Å². The molecule has 0 saturated carbocycles. The molecule has 3 aromatic carbocycles. The molecular formula is C26H23ClN4O2. The van der Waals surface area contributed by atoms with E-state index >= 15 is 0 Å². The molecule has 0 fully saturated rings. The highest BCUT2D eigenvalue weighted by Crippen LogP contribution is 2.25. The number of carbonyl (C=O) groups excluding carboxylic acids is 2. The Morgan fingerprint density at radius 1 is 0.939 bits per heavy atom. The van der Waals surface area contributed by atoms with Crippen LogP contribution >= 0.6 is 11.6 Å². The summed E-state index contributed by atoms with van der Waals surface area (Å²) in [6.45, 7) is 0.325. The molecule has 0 aliphatic heterocycles. The standard InChI is InChI=1S/C26H23ClN4O2/c1-30(2)26(33)20-10-8-18(9-11-20)16-28-25(32)23-17-31(22-6-4-3-5-7-22)29-24(23)19-12-14-21(27)15-13-19/h3-15,17H,16H2,1-2H3,(H,28,32). The van der Waals surface area contributed by atoms with Crippen LogP contribution in [0.2, 0.25) is 5.02 Å². The van der Waals surface area contributed by atoms with E-state index in [2.05, 4.69) is 10.4 Å². The Labute approximate surface area is 197 Å². The Morgan fingerprint density at radius 2 is 1.61 bits per heavy atom. The summed E-state index contributed by atoms with van der Waals surface area (Å²) in [6, 6.07) is 24.1. The van der Waals surface area contributed by atoms with Crippen LogP contribution in [0, 0.1) is 0 Å².